The van der Waals surface area contributed by atoms with Crippen molar-refractivity contribution in [1.82, 2.24) is 9.55 Å². The van der Waals surface area contributed by atoms with Crippen molar-refractivity contribution < 1.29 is 9.90 Å². The third-order valence-electron chi connectivity index (χ3n) is 2.58. The number of carbonyl (C=O) groups is 1. The Hall–Kier alpha value is -2.14. The molecular weight excluding hydrogens is 218 g/mol. The van der Waals surface area contributed by atoms with Crippen LogP contribution in [0.2, 0.25) is 0 Å². The Balaban J connectivity index is 2.37. The summed E-state index contributed by atoms with van der Waals surface area (Å²) in [6.07, 6.45) is 3.21. The first-order valence-corrected chi connectivity index (χ1v) is 5.18. The Labute approximate surface area is 98.5 Å². The van der Waals surface area contributed by atoms with E-state index in [0.29, 0.717) is 5.69 Å². The highest BCUT2D eigenvalue weighted by Gasteiger charge is 2.17. The largest absolute Gasteiger partial charge is 0.480 e. The molecule has 0 radical (unpaired) electrons. The Morgan fingerprint density at radius 1 is 1.47 bits per heavy atom. The first-order chi connectivity index (χ1) is 8.09. The van der Waals surface area contributed by atoms with Gasteiger partial charge in [0.1, 0.15) is 6.04 Å². The molecule has 0 fully saturated rings. The molecule has 0 aliphatic carbocycles. The number of carboxylic acids is 1. The minimum atomic E-state index is -1.08. The van der Waals surface area contributed by atoms with E-state index >= 15 is 0 Å². The summed E-state index contributed by atoms with van der Waals surface area (Å²) in [5.74, 6) is -1.08. The molecule has 88 valence electrons. The summed E-state index contributed by atoms with van der Waals surface area (Å²) < 4.78 is 1.77. The van der Waals surface area contributed by atoms with E-state index in [1.165, 1.54) is 0 Å². The van der Waals surface area contributed by atoms with E-state index in [2.05, 4.69) is 4.98 Å². The second-order valence-electron chi connectivity index (χ2n) is 3.81. The van der Waals surface area contributed by atoms with Crippen LogP contribution in [0.15, 0.2) is 36.8 Å². The molecule has 3 N–H and O–H groups in total. The molecule has 0 aliphatic rings. The van der Waals surface area contributed by atoms with Crippen molar-refractivity contribution in [2.75, 3.05) is 0 Å². The standard InChI is InChI=1S/C12H13N3O2/c1-8-4-2-3-5-10(8)15-6-9(14-7-15)11(13)12(16)17/h2-7,11H,13H2,1H3,(H,16,17). The Morgan fingerprint density at radius 2 is 2.18 bits per heavy atom. The van der Waals surface area contributed by atoms with Crippen molar-refractivity contribution >= 4 is 5.97 Å². The molecule has 0 saturated carbocycles. The lowest BCUT2D eigenvalue weighted by molar-refractivity contribution is -0.138. The Kier molecular flexibility index (Phi) is 2.93. The number of aryl methyl sites for hydroxylation is 1. The predicted molar refractivity (Wildman–Crippen MR) is 62.9 cm³/mol. The maximum absolute atomic E-state index is 10.7. The van der Waals surface area contributed by atoms with Gasteiger partial charge >= 0.3 is 5.97 Å². The van der Waals surface area contributed by atoms with Gasteiger partial charge in [-0.1, -0.05) is 18.2 Å². The van der Waals surface area contributed by atoms with E-state index in [1.54, 1.807) is 17.1 Å². The van der Waals surface area contributed by atoms with Gasteiger partial charge in [0.05, 0.1) is 12.0 Å². The molecule has 17 heavy (non-hydrogen) atoms. The van der Waals surface area contributed by atoms with Crippen LogP contribution in [0.25, 0.3) is 5.69 Å². The van der Waals surface area contributed by atoms with Crippen molar-refractivity contribution in [2.24, 2.45) is 5.73 Å². The summed E-state index contributed by atoms with van der Waals surface area (Å²) in [6.45, 7) is 1.98. The molecule has 1 unspecified atom stereocenters. The number of aliphatic carboxylic acids is 1. The quantitative estimate of drug-likeness (QED) is 0.833. The van der Waals surface area contributed by atoms with Gasteiger partial charge in [-0.05, 0) is 18.6 Å². The number of hydrogen-bond donors (Lipinski definition) is 2. The third-order valence-corrected chi connectivity index (χ3v) is 2.58. The fourth-order valence-corrected chi connectivity index (χ4v) is 1.61. The molecule has 2 aromatic rings. The van der Waals surface area contributed by atoms with E-state index in [-0.39, 0.29) is 0 Å². The number of benzene rings is 1. The molecule has 5 nitrogen and oxygen atoms in total. The normalized spacial score (nSPS) is 12.4. The molecule has 0 amide bonds. The fraction of sp³-hybridized carbons (Fsp3) is 0.167. The van der Waals surface area contributed by atoms with Crippen LogP contribution in [-0.4, -0.2) is 20.6 Å². The molecule has 5 heteroatoms. The van der Waals surface area contributed by atoms with Crippen molar-refractivity contribution in [3.63, 3.8) is 0 Å². The first kappa shape index (κ1) is 11.3. The van der Waals surface area contributed by atoms with Gasteiger partial charge in [-0.25, -0.2) is 4.98 Å². The van der Waals surface area contributed by atoms with E-state index < -0.39 is 12.0 Å². The van der Waals surface area contributed by atoms with Crippen molar-refractivity contribution in [3.05, 3.63) is 48.0 Å². The monoisotopic (exact) mass is 231 g/mol. The molecule has 1 atom stereocenters. The Bertz CT molecular complexity index is 548. The SMILES string of the molecule is Cc1ccccc1-n1cnc(C(N)C(=O)O)c1. The maximum Gasteiger partial charge on any atom is 0.326 e. The van der Waals surface area contributed by atoms with Gasteiger partial charge in [-0.2, -0.15) is 0 Å². The summed E-state index contributed by atoms with van der Waals surface area (Å²) >= 11 is 0. The van der Waals surface area contributed by atoms with Gasteiger partial charge in [-0.15, -0.1) is 0 Å². The van der Waals surface area contributed by atoms with Gasteiger partial charge in [0.2, 0.25) is 0 Å². The zero-order chi connectivity index (χ0) is 12.4. The lowest BCUT2D eigenvalue weighted by Gasteiger charge is -2.05. The van der Waals surface area contributed by atoms with Crippen LogP contribution >= 0.6 is 0 Å². The maximum atomic E-state index is 10.7. The van der Waals surface area contributed by atoms with Gasteiger partial charge in [0.25, 0.3) is 0 Å². The number of imidazole rings is 1. The second-order valence-corrected chi connectivity index (χ2v) is 3.81. The van der Waals surface area contributed by atoms with Gasteiger partial charge < -0.3 is 15.4 Å². The molecule has 0 spiro atoms. The summed E-state index contributed by atoms with van der Waals surface area (Å²) in [6, 6.07) is 6.69. The molecule has 0 bridgehead atoms. The van der Waals surface area contributed by atoms with Crippen LogP contribution in [0.3, 0.4) is 0 Å². The number of hydrogen-bond acceptors (Lipinski definition) is 3. The number of aromatic nitrogens is 2. The predicted octanol–water partition coefficient (Wildman–Crippen LogP) is 1.27. The summed E-state index contributed by atoms with van der Waals surface area (Å²) in [5.41, 5.74) is 7.89. The average Bonchev–Trinajstić information content (AvgIpc) is 2.77. The number of carboxylic acid groups (broad SMARTS) is 1. The van der Waals surface area contributed by atoms with Crippen LogP contribution in [0.1, 0.15) is 17.3 Å². The molecule has 1 aromatic carbocycles. The number of para-hydroxylation sites is 1. The van der Waals surface area contributed by atoms with Crippen LogP contribution in [0.5, 0.6) is 0 Å². The minimum Gasteiger partial charge on any atom is -0.480 e. The Morgan fingerprint density at radius 3 is 2.82 bits per heavy atom. The zero-order valence-electron chi connectivity index (χ0n) is 9.37. The van der Waals surface area contributed by atoms with Gasteiger partial charge in [-0.3, -0.25) is 4.79 Å². The topological polar surface area (TPSA) is 81.1 Å². The minimum absolute atomic E-state index is 0.348. The first-order valence-electron chi connectivity index (χ1n) is 5.18. The smallest absolute Gasteiger partial charge is 0.326 e. The second kappa shape index (κ2) is 4.39. The third kappa shape index (κ3) is 2.19. The van der Waals surface area contributed by atoms with Crippen LogP contribution in [0.4, 0.5) is 0 Å². The van der Waals surface area contributed by atoms with E-state index in [4.69, 9.17) is 10.8 Å². The lowest BCUT2D eigenvalue weighted by atomic mass is 10.2. The fourth-order valence-electron chi connectivity index (χ4n) is 1.61. The number of nitrogens with zero attached hydrogens (tertiary/aromatic N) is 2. The summed E-state index contributed by atoms with van der Waals surface area (Å²) in [4.78, 5) is 14.8. The average molecular weight is 231 g/mol. The molecule has 1 aromatic heterocycles. The molecule has 1 heterocycles. The van der Waals surface area contributed by atoms with Crippen LogP contribution in [-0.2, 0) is 4.79 Å². The lowest BCUT2D eigenvalue weighted by Crippen LogP contribution is -2.20. The van der Waals surface area contributed by atoms with E-state index in [1.807, 2.05) is 31.2 Å². The van der Waals surface area contributed by atoms with Gasteiger partial charge in [0, 0.05) is 11.9 Å². The number of rotatable bonds is 3. The van der Waals surface area contributed by atoms with Crippen molar-refractivity contribution in [1.29, 1.82) is 0 Å². The zero-order valence-corrected chi connectivity index (χ0v) is 9.37. The molecule has 0 saturated heterocycles. The van der Waals surface area contributed by atoms with Crippen molar-refractivity contribution in [3.8, 4) is 5.69 Å². The number of nitrogens with two attached hydrogens (primary N) is 1. The highest BCUT2D eigenvalue weighted by Crippen LogP contribution is 2.15. The molecular formula is C12H13N3O2. The summed E-state index contributed by atoms with van der Waals surface area (Å²) in [5, 5.41) is 8.80. The molecule has 0 aliphatic heterocycles. The highest BCUT2D eigenvalue weighted by molar-refractivity contribution is 5.74. The highest BCUT2D eigenvalue weighted by atomic mass is 16.4. The van der Waals surface area contributed by atoms with Crippen LogP contribution < -0.4 is 5.73 Å². The van der Waals surface area contributed by atoms with Gasteiger partial charge in [0.15, 0.2) is 0 Å². The van der Waals surface area contributed by atoms with Crippen molar-refractivity contribution in [2.45, 2.75) is 13.0 Å². The summed E-state index contributed by atoms with van der Waals surface area (Å²) in [7, 11) is 0. The van der Waals surface area contributed by atoms with E-state index in [0.717, 1.165) is 11.3 Å². The molecule has 2 rings (SSSR count). The van der Waals surface area contributed by atoms with E-state index in [9.17, 15) is 4.79 Å². The van der Waals surface area contributed by atoms with Crippen LogP contribution in [0, 0.1) is 6.92 Å².